The van der Waals surface area contributed by atoms with Gasteiger partial charge in [0.1, 0.15) is 0 Å². The minimum absolute atomic E-state index is 0.0128. The van der Waals surface area contributed by atoms with Gasteiger partial charge in [-0.1, -0.05) is 56.2 Å². The Morgan fingerprint density at radius 2 is 1.89 bits per heavy atom. The Kier molecular flexibility index (Phi) is 5.46. The second-order valence-corrected chi connectivity index (χ2v) is 5.16. The first-order valence-corrected chi connectivity index (χ1v) is 7.29. The van der Waals surface area contributed by atoms with Crippen LogP contribution in [0.1, 0.15) is 44.1 Å². The SMILES string of the molecule is C=COCCCCCCC1(c2ccccc2)CCO1. The predicted octanol–water partition coefficient (Wildman–Crippen LogP) is 4.41. The van der Waals surface area contributed by atoms with Crippen molar-refractivity contribution >= 4 is 0 Å². The van der Waals surface area contributed by atoms with Crippen LogP contribution in [0.3, 0.4) is 0 Å². The zero-order chi connectivity index (χ0) is 13.4. The molecule has 0 saturated carbocycles. The highest BCUT2D eigenvalue weighted by Gasteiger charge is 2.39. The summed E-state index contributed by atoms with van der Waals surface area (Å²) in [7, 11) is 0. The molecule has 2 nitrogen and oxygen atoms in total. The molecule has 0 radical (unpaired) electrons. The summed E-state index contributed by atoms with van der Waals surface area (Å²) >= 11 is 0. The van der Waals surface area contributed by atoms with Crippen LogP contribution < -0.4 is 0 Å². The van der Waals surface area contributed by atoms with Gasteiger partial charge < -0.3 is 9.47 Å². The maximum atomic E-state index is 5.91. The lowest BCUT2D eigenvalue weighted by molar-refractivity contribution is -0.159. The number of hydrogen-bond donors (Lipinski definition) is 0. The van der Waals surface area contributed by atoms with Gasteiger partial charge in [0.2, 0.25) is 0 Å². The lowest BCUT2D eigenvalue weighted by Crippen LogP contribution is -2.40. The monoisotopic (exact) mass is 260 g/mol. The van der Waals surface area contributed by atoms with Crippen molar-refractivity contribution in [1.29, 1.82) is 0 Å². The van der Waals surface area contributed by atoms with Crippen LogP contribution >= 0.6 is 0 Å². The molecule has 1 aliphatic rings. The summed E-state index contributed by atoms with van der Waals surface area (Å²) < 4.78 is 11.0. The first-order valence-electron chi connectivity index (χ1n) is 7.29. The Balaban J connectivity index is 1.70. The Morgan fingerprint density at radius 3 is 2.53 bits per heavy atom. The number of rotatable bonds is 9. The fraction of sp³-hybridized carbons (Fsp3) is 0.529. The molecule has 0 amide bonds. The molecule has 0 aliphatic carbocycles. The van der Waals surface area contributed by atoms with Crippen LogP contribution in [0.5, 0.6) is 0 Å². The highest BCUT2D eigenvalue weighted by Crippen LogP contribution is 2.41. The zero-order valence-electron chi connectivity index (χ0n) is 11.6. The van der Waals surface area contributed by atoms with E-state index in [2.05, 4.69) is 36.9 Å². The zero-order valence-corrected chi connectivity index (χ0v) is 11.6. The third kappa shape index (κ3) is 3.84. The number of hydrogen-bond acceptors (Lipinski definition) is 2. The molecule has 1 aromatic rings. The number of ether oxygens (including phenoxy) is 2. The summed E-state index contributed by atoms with van der Waals surface area (Å²) in [5.41, 5.74) is 1.36. The largest absolute Gasteiger partial charge is 0.502 e. The molecule has 2 rings (SSSR count). The Bertz CT molecular complexity index is 368. The molecule has 1 saturated heterocycles. The van der Waals surface area contributed by atoms with E-state index in [-0.39, 0.29) is 5.60 Å². The van der Waals surface area contributed by atoms with E-state index in [0.29, 0.717) is 0 Å². The molecular weight excluding hydrogens is 236 g/mol. The minimum atomic E-state index is 0.0128. The maximum absolute atomic E-state index is 5.91. The third-order valence-electron chi connectivity index (χ3n) is 3.89. The van der Waals surface area contributed by atoms with E-state index in [9.17, 15) is 0 Å². The van der Waals surface area contributed by atoms with Crippen LogP contribution in [0.2, 0.25) is 0 Å². The van der Waals surface area contributed by atoms with E-state index < -0.39 is 0 Å². The molecule has 0 N–H and O–H groups in total. The van der Waals surface area contributed by atoms with Crippen LogP contribution in [0.25, 0.3) is 0 Å². The van der Waals surface area contributed by atoms with Crippen LogP contribution in [0, 0.1) is 0 Å². The van der Waals surface area contributed by atoms with Crippen molar-refractivity contribution in [1.82, 2.24) is 0 Å². The molecule has 0 aromatic heterocycles. The van der Waals surface area contributed by atoms with Crippen molar-refractivity contribution < 1.29 is 9.47 Å². The van der Waals surface area contributed by atoms with Gasteiger partial charge in [-0.15, -0.1) is 0 Å². The van der Waals surface area contributed by atoms with Gasteiger partial charge in [-0.2, -0.15) is 0 Å². The lowest BCUT2D eigenvalue weighted by atomic mass is 9.82. The van der Waals surface area contributed by atoms with Crippen LogP contribution in [-0.4, -0.2) is 13.2 Å². The first kappa shape index (κ1) is 14.1. The van der Waals surface area contributed by atoms with Crippen molar-refractivity contribution in [3.63, 3.8) is 0 Å². The second kappa shape index (κ2) is 7.34. The van der Waals surface area contributed by atoms with Gasteiger partial charge in [0.15, 0.2) is 0 Å². The molecule has 1 unspecified atom stereocenters. The molecule has 0 spiro atoms. The van der Waals surface area contributed by atoms with Gasteiger partial charge in [0.25, 0.3) is 0 Å². The Labute approximate surface area is 116 Å². The average molecular weight is 260 g/mol. The van der Waals surface area contributed by atoms with Gasteiger partial charge in [0, 0.05) is 6.42 Å². The molecular formula is C17H24O2. The van der Waals surface area contributed by atoms with Crippen molar-refractivity contribution in [2.75, 3.05) is 13.2 Å². The van der Waals surface area contributed by atoms with Crippen LogP contribution in [0.4, 0.5) is 0 Å². The fourth-order valence-corrected chi connectivity index (χ4v) is 2.69. The minimum Gasteiger partial charge on any atom is -0.502 e. The fourth-order valence-electron chi connectivity index (χ4n) is 2.69. The summed E-state index contributed by atoms with van der Waals surface area (Å²) in [5, 5.41) is 0. The van der Waals surface area contributed by atoms with Crippen LogP contribution in [-0.2, 0) is 15.1 Å². The first-order chi connectivity index (χ1) is 9.37. The summed E-state index contributed by atoms with van der Waals surface area (Å²) in [6.45, 7) is 5.24. The van der Waals surface area contributed by atoms with Crippen molar-refractivity contribution in [3.05, 3.63) is 48.7 Å². The smallest absolute Gasteiger partial charge is 0.0953 e. The highest BCUT2D eigenvalue weighted by molar-refractivity contribution is 5.24. The van der Waals surface area contributed by atoms with Crippen molar-refractivity contribution in [2.24, 2.45) is 0 Å². The van der Waals surface area contributed by atoms with Crippen molar-refractivity contribution in [3.8, 4) is 0 Å². The normalized spacial score (nSPS) is 21.7. The van der Waals surface area contributed by atoms with E-state index in [4.69, 9.17) is 9.47 Å². The summed E-state index contributed by atoms with van der Waals surface area (Å²) in [6, 6.07) is 10.7. The van der Waals surface area contributed by atoms with E-state index in [0.717, 1.165) is 32.5 Å². The Hall–Kier alpha value is -1.28. The highest BCUT2D eigenvalue weighted by atomic mass is 16.5. The average Bonchev–Trinajstić information content (AvgIpc) is 2.41. The van der Waals surface area contributed by atoms with E-state index >= 15 is 0 Å². The summed E-state index contributed by atoms with van der Waals surface area (Å²) in [4.78, 5) is 0. The summed E-state index contributed by atoms with van der Waals surface area (Å²) in [6.07, 6.45) is 8.63. The van der Waals surface area contributed by atoms with Crippen LogP contribution in [0.15, 0.2) is 43.2 Å². The van der Waals surface area contributed by atoms with Gasteiger partial charge in [-0.25, -0.2) is 0 Å². The summed E-state index contributed by atoms with van der Waals surface area (Å²) in [5.74, 6) is 0. The van der Waals surface area contributed by atoms with Gasteiger partial charge in [0.05, 0.1) is 25.1 Å². The molecule has 1 aliphatic heterocycles. The molecule has 104 valence electrons. The van der Waals surface area contributed by atoms with E-state index in [1.54, 1.807) is 0 Å². The molecule has 1 heterocycles. The van der Waals surface area contributed by atoms with Gasteiger partial charge >= 0.3 is 0 Å². The number of benzene rings is 1. The molecule has 2 heteroatoms. The van der Waals surface area contributed by atoms with E-state index in [1.807, 2.05) is 0 Å². The molecule has 1 fully saturated rings. The molecule has 1 atom stereocenters. The second-order valence-electron chi connectivity index (χ2n) is 5.16. The third-order valence-corrected chi connectivity index (χ3v) is 3.89. The molecule has 19 heavy (non-hydrogen) atoms. The van der Waals surface area contributed by atoms with E-state index in [1.165, 1.54) is 31.1 Å². The van der Waals surface area contributed by atoms with Crippen molar-refractivity contribution in [2.45, 2.75) is 44.1 Å². The predicted molar refractivity (Wildman–Crippen MR) is 77.9 cm³/mol. The molecule has 0 bridgehead atoms. The van der Waals surface area contributed by atoms with Gasteiger partial charge in [-0.05, 0) is 18.4 Å². The van der Waals surface area contributed by atoms with Gasteiger partial charge in [-0.3, -0.25) is 0 Å². The Morgan fingerprint density at radius 1 is 1.16 bits per heavy atom. The molecule has 1 aromatic carbocycles. The number of unbranched alkanes of at least 4 members (excludes halogenated alkanes) is 3. The lowest BCUT2D eigenvalue weighted by Gasteiger charge is -2.42. The maximum Gasteiger partial charge on any atom is 0.0953 e. The topological polar surface area (TPSA) is 18.5 Å². The quantitative estimate of drug-likeness (QED) is 0.483. The standard InChI is InChI=1S/C17H24O2/c1-2-18-14-9-4-3-8-12-17(13-15-19-17)16-10-6-5-7-11-16/h2,5-7,10-11H,1,3-4,8-9,12-15H2.